The summed E-state index contributed by atoms with van der Waals surface area (Å²) in [7, 11) is 0. The van der Waals surface area contributed by atoms with Crippen molar-refractivity contribution in [2.45, 2.75) is 48.2 Å². The molecule has 0 spiro atoms. The molecular formula is C48H32O32. The molecule has 80 heavy (non-hydrogen) atoms. The second-order valence-corrected chi connectivity index (χ2v) is 17.8. The largest absolute Gasteiger partial charge is 0.504 e. The normalized spacial score (nSPS) is 23.5. The van der Waals surface area contributed by atoms with E-state index in [4.69, 9.17) is 37.9 Å². The van der Waals surface area contributed by atoms with Gasteiger partial charge in [-0.05, 0) is 30.3 Å². The van der Waals surface area contributed by atoms with E-state index in [0.29, 0.717) is 30.3 Å². The Bertz CT molecular complexity index is 3700. The van der Waals surface area contributed by atoms with Gasteiger partial charge in [0.05, 0.1) is 33.7 Å². The number of carbonyl (C=O) groups excluding carboxylic acids is 6. The van der Waals surface area contributed by atoms with E-state index in [2.05, 4.69) is 0 Å². The Morgan fingerprint density at radius 3 is 1.75 bits per heavy atom. The van der Waals surface area contributed by atoms with E-state index < -0.39 is 238 Å². The summed E-state index contributed by atoms with van der Waals surface area (Å²) in [6.45, 7) is -1.41. The molecule has 1 fully saturated rings. The second kappa shape index (κ2) is 17.9. The lowest BCUT2D eigenvalue weighted by molar-refractivity contribution is -0.323. The van der Waals surface area contributed by atoms with Gasteiger partial charge in [-0.3, -0.25) is 4.79 Å². The van der Waals surface area contributed by atoms with E-state index in [0.717, 1.165) is 0 Å². The number of carboxylic acid groups (broad SMARTS) is 1. The van der Waals surface area contributed by atoms with Gasteiger partial charge in [-0.2, -0.15) is 0 Å². The minimum atomic E-state index is -4.09. The molecule has 1 saturated heterocycles. The van der Waals surface area contributed by atoms with Crippen LogP contribution in [0.15, 0.2) is 48.0 Å². The van der Waals surface area contributed by atoms with Crippen molar-refractivity contribution >= 4 is 41.6 Å². The minimum Gasteiger partial charge on any atom is -0.504 e. The van der Waals surface area contributed by atoms with Crippen molar-refractivity contribution in [3.63, 3.8) is 0 Å². The molecule has 0 unspecified atom stereocenters. The standard InChI is InChI=1S/C48H32O32/c49-15-1-9(2-16(50)27(15)55)41(65)79-46-39-38-36(76-45(69)13-7-22(54)47(70,71)48(72)26(13)25-11(43(67)78-39)4-19(53)30(58)37(25)80-48)21(75-46)8-73-42(66)10-3-17(51)28(56)32(60)23(10)24-12(44(68)77-38)6-20(31(59)33(24)61)74-35-14(40(63)64)5-18(52)29(57)34(35)62/h1-7,21,26,36,38-39,46,49-53,55-62,70-72H,8H2,(H,63,64)/t21-,26-,36-,38+,39-,46+,48-/m1/s1. The molecule has 32 nitrogen and oxygen atoms in total. The maximum Gasteiger partial charge on any atom is 0.340 e. The van der Waals surface area contributed by atoms with E-state index in [1.165, 1.54) is 0 Å². The van der Waals surface area contributed by atoms with Crippen LogP contribution in [0.1, 0.15) is 63.3 Å². The maximum absolute atomic E-state index is 15.2. The Morgan fingerprint density at radius 1 is 0.562 bits per heavy atom. The van der Waals surface area contributed by atoms with Gasteiger partial charge in [0, 0.05) is 28.8 Å². The number of ketones is 1. The number of aromatic carboxylic acids is 1. The predicted molar refractivity (Wildman–Crippen MR) is 241 cm³/mol. The highest BCUT2D eigenvalue weighted by Gasteiger charge is 2.71. The van der Waals surface area contributed by atoms with Crippen LogP contribution in [-0.4, -0.2) is 177 Å². The Morgan fingerprint density at radius 2 is 1.10 bits per heavy atom. The number of esters is 5. The lowest BCUT2D eigenvalue weighted by Gasteiger charge is -2.44. The molecule has 0 radical (unpaired) electrons. The predicted octanol–water partition coefficient (Wildman–Crippen LogP) is -0.200. The van der Waals surface area contributed by atoms with Crippen molar-refractivity contribution in [3.8, 4) is 103 Å². The Hall–Kier alpha value is -10.8. The van der Waals surface area contributed by atoms with Crippen LogP contribution in [0.4, 0.5) is 0 Å². The van der Waals surface area contributed by atoms with Crippen molar-refractivity contribution in [2.24, 2.45) is 0 Å². The number of carbonyl (C=O) groups is 7. The fourth-order valence-corrected chi connectivity index (χ4v) is 9.33. The molecule has 5 aromatic carbocycles. The first kappa shape index (κ1) is 52.6. The lowest BCUT2D eigenvalue weighted by atomic mass is 9.74. The van der Waals surface area contributed by atoms with Crippen LogP contribution in [0.25, 0.3) is 11.1 Å². The molecule has 4 heterocycles. The van der Waals surface area contributed by atoms with Crippen LogP contribution in [0.2, 0.25) is 0 Å². The van der Waals surface area contributed by atoms with Crippen molar-refractivity contribution in [1.82, 2.24) is 0 Å². The average Bonchev–Trinajstić information content (AvgIpc) is 3.74. The van der Waals surface area contributed by atoms with Crippen LogP contribution in [0.5, 0.6) is 92.0 Å². The van der Waals surface area contributed by atoms with Gasteiger partial charge in [-0.25, -0.2) is 28.8 Å². The van der Waals surface area contributed by atoms with Crippen molar-refractivity contribution in [1.29, 1.82) is 0 Å². The average molecular weight is 1120 g/mol. The number of rotatable bonds is 5. The van der Waals surface area contributed by atoms with Crippen molar-refractivity contribution in [3.05, 3.63) is 81.4 Å². The molecule has 7 atom stereocenters. The SMILES string of the molecule is O=C1O[C@H]2[C@@H]3OC(=O)c4cc(Oc5c(C(=O)O)cc(O)c(O)c5O)c(O)c(O)c4-c4c(cc(O)c(O)c4O)C(=O)OC[C@H]2O[C@@H](OC(=O)c2cc(O)c(O)c(O)c2)[C@@H]3OC(=O)c2cc(O)c(O)c3c2[C@H]2C1=CC(=O)C(O)(O)[C@]2(O)O3. The van der Waals surface area contributed by atoms with Crippen molar-refractivity contribution in [2.75, 3.05) is 6.61 Å². The molecular weight excluding hydrogens is 1090 g/mol. The molecule has 10 rings (SSSR count). The number of aliphatic hydroxyl groups is 3. The lowest BCUT2D eigenvalue weighted by Crippen LogP contribution is -2.66. The minimum absolute atomic E-state index is 0.152. The summed E-state index contributed by atoms with van der Waals surface area (Å²) in [5, 5.41) is 183. The van der Waals surface area contributed by atoms with Gasteiger partial charge < -0.3 is 125 Å². The number of fused-ring (bicyclic) bond motifs is 3. The van der Waals surface area contributed by atoms with Crippen molar-refractivity contribution < 1.29 is 158 Å². The van der Waals surface area contributed by atoms with Gasteiger partial charge in [0.2, 0.25) is 46.9 Å². The highest BCUT2D eigenvalue weighted by atomic mass is 16.8. The second-order valence-electron chi connectivity index (χ2n) is 17.8. The molecule has 1 aliphatic carbocycles. The van der Waals surface area contributed by atoms with E-state index in [1.54, 1.807) is 0 Å². The number of benzene rings is 5. The first-order valence-corrected chi connectivity index (χ1v) is 22.2. The molecule has 32 heteroatoms. The fraction of sp³-hybridized carbons (Fsp3) is 0.188. The molecule has 4 aliphatic heterocycles. The fourth-order valence-electron chi connectivity index (χ4n) is 9.33. The zero-order valence-corrected chi connectivity index (χ0v) is 38.9. The quantitative estimate of drug-likeness (QED) is 0.0469. The topological polar surface area (TPSA) is 537 Å². The molecule has 17 N–H and O–H groups in total. The van der Waals surface area contributed by atoms with Gasteiger partial charge in [0.1, 0.15) is 18.3 Å². The van der Waals surface area contributed by atoms with Crippen LogP contribution in [0.3, 0.4) is 0 Å². The molecule has 416 valence electrons. The van der Waals surface area contributed by atoms with E-state index in [-0.39, 0.29) is 12.1 Å². The number of phenols is 13. The van der Waals surface area contributed by atoms with Gasteiger partial charge in [0.15, 0.2) is 75.5 Å². The van der Waals surface area contributed by atoms with Crippen LogP contribution < -0.4 is 9.47 Å². The Labute approximate surface area is 438 Å². The third kappa shape index (κ3) is 7.64. The summed E-state index contributed by atoms with van der Waals surface area (Å²) in [6, 6.07) is 2.35. The highest BCUT2D eigenvalue weighted by Crippen LogP contribution is 2.61. The zero-order valence-electron chi connectivity index (χ0n) is 38.9. The number of ether oxygens (including phenoxy) is 8. The van der Waals surface area contributed by atoms with Gasteiger partial charge >= 0.3 is 35.8 Å². The van der Waals surface area contributed by atoms with Crippen LogP contribution in [-0.2, 0) is 38.0 Å². The van der Waals surface area contributed by atoms with E-state index in [9.17, 15) is 116 Å². The summed E-state index contributed by atoms with van der Waals surface area (Å²) in [4.78, 5) is 98.7. The van der Waals surface area contributed by atoms with Gasteiger partial charge in [-0.1, -0.05) is 0 Å². The molecule has 5 aromatic rings. The number of hydrogen-bond donors (Lipinski definition) is 17. The number of cyclic esters (lactones) is 1. The number of carboxylic acids is 1. The van der Waals surface area contributed by atoms with E-state index >= 15 is 4.79 Å². The monoisotopic (exact) mass is 1120 g/mol. The highest BCUT2D eigenvalue weighted by molar-refractivity contribution is 6.10. The first-order chi connectivity index (χ1) is 37.5. The number of aromatic hydroxyl groups is 13. The third-order valence-corrected chi connectivity index (χ3v) is 13.2. The Kier molecular flexibility index (Phi) is 11.8. The summed E-state index contributed by atoms with van der Waals surface area (Å²) >= 11 is 0. The van der Waals surface area contributed by atoms with Crippen LogP contribution >= 0.6 is 0 Å². The smallest absolute Gasteiger partial charge is 0.340 e. The summed E-state index contributed by atoms with van der Waals surface area (Å²) in [6.07, 6.45) is -12.9. The number of phenolic OH excluding ortho intramolecular Hbond substituents is 13. The Balaban J connectivity index is 1.23. The van der Waals surface area contributed by atoms with Crippen LogP contribution in [0, 0.1) is 0 Å². The summed E-state index contributed by atoms with van der Waals surface area (Å²) < 4.78 is 44.8. The molecule has 0 aromatic heterocycles. The zero-order chi connectivity index (χ0) is 58.3. The van der Waals surface area contributed by atoms with Gasteiger partial charge in [0.25, 0.3) is 11.6 Å². The summed E-state index contributed by atoms with van der Waals surface area (Å²) in [5.41, 5.74) is -10.5. The number of hydrogen-bond acceptors (Lipinski definition) is 31. The third-order valence-electron chi connectivity index (χ3n) is 13.2. The molecule has 0 saturated carbocycles. The molecule has 5 aliphatic rings. The molecule has 4 bridgehead atoms. The molecule has 0 amide bonds. The van der Waals surface area contributed by atoms with Gasteiger partial charge in [-0.15, -0.1) is 0 Å². The first-order valence-electron chi connectivity index (χ1n) is 22.2. The maximum atomic E-state index is 15.2. The van der Waals surface area contributed by atoms with E-state index in [1.807, 2.05) is 0 Å². The summed E-state index contributed by atoms with van der Waals surface area (Å²) in [5.74, 6) is -45.9.